The van der Waals surface area contributed by atoms with E-state index in [0.29, 0.717) is 29.5 Å². The number of amides is 1. The number of benzene rings is 1. The molecule has 0 radical (unpaired) electrons. The van der Waals surface area contributed by atoms with Crippen molar-refractivity contribution < 1.29 is 14.3 Å². The van der Waals surface area contributed by atoms with Gasteiger partial charge in [-0.1, -0.05) is 0 Å². The highest BCUT2D eigenvalue weighted by molar-refractivity contribution is 6.17. The predicted molar refractivity (Wildman–Crippen MR) is 67.2 cm³/mol. The number of carbonyl (C=O) groups excluding carboxylic acids is 1. The minimum absolute atomic E-state index is 0.160. The highest BCUT2D eigenvalue weighted by atomic mass is 35.5. The van der Waals surface area contributed by atoms with Crippen LogP contribution < -0.4 is 14.8 Å². The summed E-state index contributed by atoms with van der Waals surface area (Å²) in [6, 6.07) is 5.05. The van der Waals surface area contributed by atoms with Gasteiger partial charge in [0.15, 0.2) is 0 Å². The summed E-state index contributed by atoms with van der Waals surface area (Å²) in [4.78, 5) is 11.8. The first-order valence-corrected chi connectivity index (χ1v) is 5.82. The molecule has 1 N–H and O–H groups in total. The Morgan fingerprint density at radius 1 is 1.24 bits per heavy atom. The minimum Gasteiger partial charge on any atom is -0.497 e. The highest BCUT2D eigenvalue weighted by Crippen LogP contribution is 2.22. The smallest absolute Gasteiger partial charge is 0.251 e. The van der Waals surface area contributed by atoms with E-state index in [-0.39, 0.29) is 5.91 Å². The molecule has 5 heteroatoms. The summed E-state index contributed by atoms with van der Waals surface area (Å²) in [5.41, 5.74) is 0.510. The van der Waals surface area contributed by atoms with E-state index >= 15 is 0 Å². The summed E-state index contributed by atoms with van der Waals surface area (Å²) in [6.07, 6.45) is 0.744. The van der Waals surface area contributed by atoms with Crippen molar-refractivity contribution in [1.29, 1.82) is 0 Å². The summed E-state index contributed by atoms with van der Waals surface area (Å²) in [7, 11) is 3.09. The number of hydrogen-bond acceptors (Lipinski definition) is 3. The van der Waals surface area contributed by atoms with Gasteiger partial charge < -0.3 is 14.8 Å². The fourth-order valence-electron chi connectivity index (χ4n) is 1.31. The van der Waals surface area contributed by atoms with Gasteiger partial charge in [0.1, 0.15) is 11.5 Å². The second kappa shape index (κ2) is 7.01. The number of methoxy groups -OCH3 is 2. The lowest BCUT2D eigenvalue weighted by Crippen LogP contribution is -2.24. The van der Waals surface area contributed by atoms with Gasteiger partial charge in [0.05, 0.1) is 14.2 Å². The molecule has 0 fully saturated rings. The molecule has 0 atom stereocenters. The monoisotopic (exact) mass is 257 g/mol. The number of hydrogen-bond donors (Lipinski definition) is 1. The maximum absolute atomic E-state index is 11.8. The molecule has 0 aliphatic heterocycles. The highest BCUT2D eigenvalue weighted by Gasteiger charge is 2.08. The second-order valence-corrected chi connectivity index (χ2v) is 3.78. The van der Waals surface area contributed by atoms with Crippen LogP contribution in [-0.2, 0) is 0 Å². The Balaban J connectivity index is 2.77. The van der Waals surface area contributed by atoms with Gasteiger partial charge in [-0.15, -0.1) is 11.6 Å². The summed E-state index contributed by atoms with van der Waals surface area (Å²) >= 11 is 5.54. The third-order valence-corrected chi connectivity index (χ3v) is 2.48. The van der Waals surface area contributed by atoms with Crippen LogP contribution in [0, 0.1) is 0 Å². The molecule has 0 aromatic heterocycles. The summed E-state index contributed by atoms with van der Waals surface area (Å²) < 4.78 is 10.2. The quantitative estimate of drug-likeness (QED) is 0.627. The topological polar surface area (TPSA) is 47.6 Å². The third kappa shape index (κ3) is 4.15. The van der Waals surface area contributed by atoms with Crippen molar-refractivity contribution in [2.45, 2.75) is 6.42 Å². The molecular formula is C12H16ClNO3. The Morgan fingerprint density at radius 2 is 1.82 bits per heavy atom. The average molecular weight is 258 g/mol. The van der Waals surface area contributed by atoms with E-state index in [0.717, 1.165) is 6.42 Å². The van der Waals surface area contributed by atoms with Crippen LogP contribution in [0.25, 0.3) is 0 Å². The number of halogens is 1. The Kier molecular flexibility index (Phi) is 5.63. The summed E-state index contributed by atoms with van der Waals surface area (Å²) in [5, 5.41) is 2.77. The third-order valence-electron chi connectivity index (χ3n) is 2.21. The maximum Gasteiger partial charge on any atom is 0.251 e. The molecular weight excluding hydrogens is 242 g/mol. The van der Waals surface area contributed by atoms with E-state index in [2.05, 4.69) is 5.32 Å². The molecule has 0 saturated carbocycles. The van der Waals surface area contributed by atoms with Gasteiger partial charge in [0.25, 0.3) is 5.91 Å². The van der Waals surface area contributed by atoms with E-state index in [9.17, 15) is 4.79 Å². The number of ether oxygens (including phenoxy) is 2. The van der Waals surface area contributed by atoms with E-state index in [1.54, 1.807) is 32.4 Å². The Labute approximate surface area is 106 Å². The van der Waals surface area contributed by atoms with Crippen LogP contribution in [-0.4, -0.2) is 32.6 Å². The van der Waals surface area contributed by atoms with Crippen LogP contribution in [0.2, 0.25) is 0 Å². The largest absolute Gasteiger partial charge is 0.497 e. The molecule has 94 valence electrons. The fourth-order valence-corrected chi connectivity index (χ4v) is 1.44. The van der Waals surface area contributed by atoms with Crippen molar-refractivity contribution in [2.24, 2.45) is 0 Å². The zero-order chi connectivity index (χ0) is 12.7. The number of alkyl halides is 1. The summed E-state index contributed by atoms with van der Waals surface area (Å²) in [5.74, 6) is 1.55. The molecule has 1 amide bonds. The standard InChI is InChI=1S/C12H16ClNO3/c1-16-10-6-9(7-11(8-10)17-2)12(15)14-5-3-4-13/h6-8H,3-5H2,1-2H3,(H,14,15). The molecule has 1 aromatic carbocycles. The molecule has 1 rings (SSSR count). The minimum atomic E-state index is -0.160. The number of rotatable bonds is 6. The first-order chi connectivity index (χ1) is 8.21. The van der Waals surface area contributed by atoms with E-state index < -0.39 is 0 Å². The fraction of sp³-hybridized carbons (Fsp3) is 0.417. The Morgan fingerprint density at radius 3 is 2.29 bits per heavy atom. The lowest BCUT2D eigenvalue weighted by Gasteiger charge is -2.08. The molecule has 0 bridgehead atoms. The molecule has 17 heavy (non-hydrogen) atoms. The molecule has 0 unspecified atom stereocenters. The molecule has 0 saturated heterocycles. The van der Waals surface area contributed by atoms with Crippen LogP contribution in [0.1, 0.15) is 16.8 Å². The SMILES string of the molecule is COc1cc(OC)cc(C(=O)NCCCCl)c1. The van der Waals surface area contributed by atoms with Crippen molar-refractivity contribution in [2.75, 3.05) is 26.6 Å². The van der Waals surface area contributed by atoms with E-state index in [1.807, 2.05) is 0 Å². The van der Waals surface area contributed by atoms with Crippen LogP contribution >= 0.6 is 11.6 Å². The van der Waals surface area contributed by atoms with Gasteiger partial charge in [-0.2, -0.15) is 0 Å². The summed E-state index contributed by atoms with van der Waals surface area (Å²) in [6.45, 7) is 0.557. The van der Waals surface area contributed by atoms with E-state index in [4.69, 9.17) is 21.1 Å². The van der Waals surface area contributed by atoms with Gasteiger partial charge in [-0.05, 0) is 18.6 Å². The van der Waals surface area contributed by atoms with Gasteiger partial charge in [-0.3, -0.25) is 4.79 Å². The first kappa shape index (κ1) is 13.6. The van der Waals surface area contributed by atoms with Crippen molar-refractivity contribution >= 4 is 17.5 Å². The van der Waals surface area contributed by atoms with Gasteiger partial charge in [0.2, 0.25) is 0 Å². The lowest BCUT2D eigenvalue weighted by atomic mass is 10.2. The maximum atomic E-state index is 11.8. The number of nitrogens with one attached hydrogen (secondary N) is 1. The van der Waals surface area contributed by atoms with Crippen molar-refractivity contribution in [3.05, 3.63) is 23.8 Å². The molecule has 4 nitrogen and oxygen atoms in total. The van der Waals surface area contributed by atoms with Gasteiger partial charge in [0, 0.05) is 24.1 Å². The average Bonchev–Trinajstić information content (AvgIpc) is 2.38. The molecule has 1 aromatic rings. The van der Waals surface area contributed by atoms with Crippen molar-refractivity contribution in [3.8, 4) is 11.5 Å². The predicted octanol–water partition coefficient (Wildman–Crippen LogP) is 2.06. The lowest BCUT2D eigenvalue weighted by molar-refractivity contribution is 0.0953. The zero-order valence-corrected chi connectivity index (χ0v) is 10.7. The van der Waals surface area contributed by atoms with Crippen molar-refractivity contribution in [3.63, 3.8) is 0 Å². The normalized spacial score (nSPS) is 9.82. The molecule has 0 aliphatic rings. The molecule has 0 spiro atoms. The number of carbonyl (C=O) groups is 1. The van der Waals surface area contributed by atoms with Crippen LogP contribution in [0.15, 0.2) is 18.2 Å². The van der Waals surface area contributed by atoms with Crippen LogP contribution in [0.3, 0.4) is 0 Å². The van der Waals surface area contributed by atoms with Crippen LogP contribution in [0.4, 0.5) is 0 Å². The molecule has 0 aliphatic carbocycles. The zero-order valence-electron chi connectivity index (χ0n) is 9.96. The van der Waals surface area contributed by atoms with Gasteiger partial charge >= 0.3 is 0 Å². The second-order valence-electron chi connectivity index (χ2n) is 3.40. The van der Waals surface area contributed by atoms with E-state index in [1.165, 1.54) is 0 Å². The first-order valence-electron chi connectivity index (χ1n) is 5.28. The van der Waals surface area contributed by atoms with Crippen molar-refractivity contribution in [1.82, 2.24) is 5.32 Å². The van der Waals surface area contributed by atoms with Gasteiger partial charge in [-0.25, -0.2) is 0 Å². The Hall–Kier alpha value is -1.42. The Bertz CT molecular complexity index is 360. The van der Waals surface area contributed by atoms with Crippen LogP contribution in [0.5, 0.6) is 11.5 Å². The molecule has 0 heterocycles.